The van der Waals surface area contributed by atoms with Gasteiger partial charge in [0.2, 0.25) is 0 Å². The molecule has 0 saturated heterocycles. The third-order valence-corrected chi connectivity index (χ3v) is 4.41. The van der Waals surface area contributed by atoms with E-state index in [-0.39, 0.29) is 17.0 Å². The van der Waals surface area contributed by atoms with E-state index >= 15 is 0 Å². The third kappa shape index (κ3) is 2.73. The molecule has 3 aromatic carbocycles. The van der Waals surface area contributed by atoms with Crippen molar-refractivity contribution in [2.24, 2.45) is 0 Å². The second-order valence-corrected chi connectivity index (χ2v) is 6.18. The number of aromatic amines is 1. The van der Waals surface area contributed by atoms with E-state index in [1.54, 1.807) is 12.1 Å². The number of aromatic nitrogens is 1. The maximum atomic E-state index is 13.4. The molecule has 0 atom stereocenters. The zero-order valence-electron chi connectivity index (χ0n) is 14.0. The largest absolute Gasteiger partial charge is 0.322 e. The van der Waals surface area contributed by atoms with E-state index in [0.29, 0.717) is 16.6 Å². The third-order valence-electron chi connectivity index (χ3n) is 4.41. The quantitative estimate of drug-likeness (QED) is 0.529. The number of fused-ring (bicyclic) bond motifs is 3. The highest BCUT2D eigenvalue weighted by molar-refractivity contribution is 6.09. The Morgan fingerprint density at radius 3 is 2.50 bits per heavy atom. The van der Waals surface area contributed by atoms with Crippen LogP contribution in [-0.2, 0) is 0 Å². The lowest BCUT2D eigenvalue weighted by atomic mass is 10.0. The van der Waals surface area contributed by atoms with E-state index in [4.69, 9.17) is 0 Å². The summed E-state index contributed by atoms with van der Waals surface area (Å²) in [4.78, 5) is 27.5. The van der Waals surface area contributed by atoms with Gasteiger partial charge in [0.15, 0.2) is 0 Å². The van der Waals surface area contributed by atoms with E-state index in [2.05, 4.69) is 10.3 Å². The van der Waals surface area contributed by atoms with Crippen LogP contribution in [0.3, 0.4) is 0 Å². The van der Waals surface area contributed by atoms with Crippen molar-refractivity contribution < 1.29 is 9.18 Å². The first-order valence-corrected chi connectivity index (χ1v) is 8.15. The van der Waals surface area contributed by atoms with Crippen LogP contribution in [0.25, 0.3) is 21.7 Å². The van der Waals surface area contributed by atoms with Crippen molar-refractivity contribution in [3.8, 4) is 0 Å². The summed E-state index contributed by atoms with van der Waals surface area (Å²) in [6, 6.07) is 16.5. The number of anilines is 1. The molecular formula is C21H15FN2O2. The van der Waals surface area contributed by atoms with Gasteiger partial charge < -0.3 is 10.3 Å². The van der Waals surface area contributed by atoms with Gasteiger partial charge in [0.25, 0.3) is 11.5 Å². The average Bonchev–Trinajstić information content (AvgIpc) is 2.63. The van der Waals surface area contributed by atoms with Crippen molar-refractivity contribution in [3.63, 3.8) is 0 Å². The summed E-state index contributed by atoms with van der Waals surface area (Å²) >= 11 is 0. The van der Waals surface area contributed by atoms with Crippen LogP contribution in [0.15, 0.2) is 65.5 Å². The Hall–Kier alpha value is -3.47. The Kier molecular flexibility index (Phi) is 3.77. The molecule has 128 valence electrons. The van der Waals surface area contributed by atoms with Gasteiger partial charge in [-0.3, -0.25) is 9.59 Å². The zero-order chi connectivity index (χ0) is 18.3. The molecule has 1 aromatic heterocycles. The predicted molar refractivity (Wildman–Crippen MR) is 101 cm³/mol. The smallest absolute Gasteiger partial charge is 0.256 e. The summed E-state index contributed by atoms with van der Waals surface area (Å²) in [5, 5.41) is 5.06. The molecule has 0 radical (unpaired) electrons. The Morgan fingerprint density at radius 2 is 1.73 bits per heavy atom. The van der Waals surface area contributed by atoms with Crippen LogP contribution in [0.5, 0.6) is 0 Å². The zero-order valence-corrected chi connectivity index (χ0v) is 14.0. The minimum absolute atomic E-state index is 0.149. The van der Waals surface area contributed by atoms with Crippen molar-refractivity contribution in [2.75, 3.05) is 5.32 Å². The highest BCUT2D eigenvalue weighted by atomic mass is 19.1. The molecule has 2 N–H and O–H groups in total. The van der Waals surface area contributed by atoms with Gasteiger partial charge in [-0.15, -0.1) is 0 Å². The number of nitrogens with one attached hydrogen (secondary N) is 2. The van der Waals surface area contributed by atoms with Crippen molar-refractivity contribution in [3.05, 3.63) is 88.0 Å². The fraction of sp³-hybridized carbons (Fsp3) is 0.0476. The Balaban J connectivity index is 1.84. The van der Waals surface area contributed by atoms with E-state index in [1.165, 1.54) is 18.2 Å². The Labute approximate surface area is 148 Å². The summed E-state index contributed by atoms with van der Waals surface area (Å²) in [6.07, 6.45) is 0. The molecule has 0 aliphatic heterocycles. The maximum absolute atomic E-state index is 13.4. The number of hydrogen-bond donors (Lipinski definition) is 2. The van der Waals surface area contributed by atoms with Crippen LogP contribution in [-0.4, -0.2) is 10.9 Å². The van der Waals surface area contributed by atoms with Crippen molar-refractivity contribution in [1.82, 2.24) is 4.98 Å². The second-order valence-electron chi connectivity index (χ2n) is 6.18. The molecule has 1 heterocycles. The molecule has 4 aromatic rings. The SMILES string of the molecule is Cc1cc2[nH]c(=O)c3ccccc3c2cc1NC(=O)c1cccc(F)c1. The minimum atomic E-state index is -0.462. The van der Waals surface area contributed by atoms with Gasteiger partial charge in [-0.2, -0.15) is 0 Å². The summed E-state index contributed by atoms with van der Waals surface area (Å²) < 4.78 is 13.4. The predicted octanol–water partition coefficient (Wildman–Crippen LogP) is 4.38. The number of aryl methyl sites for hydroxylation is 1. The molecule has 5 heteroatoms. The summed E-state index contributed by atoms with van der Waals surface area (Å²) in [5.74, 6) is -0.850. The molecule has 0 spiro atoms. The number of benzene rings is 3. The number of carbonyl (C=O) groups excluding carboxylic acids is 1. The second kappa shape index (κ2) is 6.11. The molecule has 1 amide bonds. The molecule has 0 fully saturated rings. The van der Waals surface area contributed by atoms with Crippen LogP contribution in [0.2, 0.25) is 0 Å². The first-order chi connectivity index (χ1) is 12.5. The van der Waals surface area contributed by atoms with Crippen molar-refractivity contribution in [2.45, 2.75) is 6.92 Å². The maximum Gasteiger partial charge on any atom is 0.256 e. The van der Waals surface area contributed by atoms with E-state index in [1.807, 2.05) is 37.3 Å². The number of amides is 1. The first kappa shape index (κ1) is 16.0. The lowest BCUT2D eigenvalue weighted by molar-refractivity contribution is 0.102. The normalized spacial score (nSPS) is 11.0. The van der Waals surface area contributed by atoms with E-state index in [9.17, 15) is 14.0 Å². The highest BCUT2D eigenvalue weighted by Crippen LogP contribution is 2.27. The fourth-order valence-electron chi connectivity index (χ4n) is 3.10. The van der Waals surface area contributed by atoms with Crippen LogP contribution >= 0.6 is 0 Å². The number of halogens is 1. The van der Waals surface area contributed by atoms with Gasteiger partial charge in [0.05, 0.1) is 0 Å². The van der Waals surface area contributed by atoms with Gasteiger partial charge in [-0.1, -0.05) is 24.3 Å². The highest BCUT2D eigenvalue weighted by Gasteiger charge is 2.12. The van der Waals surface area contributed by atoms with E-state index < -0.39 is 5.82 Å². The molecule has 4 nitrogen and oxygen atoms in total. The topological polar surface area (TPSA) is 62.0 Å². The number of pyridine rings is 1. The van der Waals surface area contributed by atoms with E-state index in [0.717, 1.165) is 16.3 Å². The minimum Gasteiger partial charge on any atom is -0.322 e. The van der Waals surface area contributed by atoms with Crippen molar-refractivity contribution >= 4 is 33.3 Å². The molecular weight excluding hydrogens is 331 g/mol. The first-order valence-electron chi connectivity index (χ1n) is 8.15. The van der Waals surface area contributed by atoms with Gasteiger partial charge in [0, 0.05) is 27.5 Å². The summed E-state index contributed by atoms with van der Waals surface area (Å²) in [5.41, 5.74) is 2.21. The van der Waals surface area contributed by atoms with Crippen LogP contribution in [0, 0.1) is 12.7 Å². The Bertz CT molecular complexity index is 1230. The molecule has 0 aliphatic rings. The van der Waals surface area contributed by atoms with Gasteiger partial charge in [0.1, 0.15) is 5.82 Å². The molecule has 0 aliphatic carbocycles. The molecule has 4 rings (SSSR count). The fourth-order valence-corrected chi connectivity index (χ4v) is 3.10. The standard InChI is InChI=1S/C21H15FN2O2/c1-12-9-19-17(15-7-2-3-8-16(15)21(26)24-19)11-18(12)23-20(25)13-5-4-6-14(22)10-13/h2-11H,1H3,(H,23,25)(H,24,26). The lowest BCUT2D eigenvalue weighted by Gasteiger charge is -2.12. The van der Waals surface area contributed by atoms with Gasteiger partial charge in [-0.05, 0) is 54.3 Å². The van der Waals surface area contributed by atoms with Gasteiger partial charge in [-0.25, -0.2) is 4.39 Å². The molecule has 26 heavy (non-hydrogen) atoms. The monoisotopic (exact) mass is 346 g/mol. The summed E-state index contributed by atoms with van der Waals surface area (Å²) in [6.45, 7) is 1.84. The van der Waals surface area contributed by atoms with Gasteiger partial charge >= 0.3 is 0 Å². The van der Waals surface area contributed by atoms with Crippen molar-refractivity contribution in [1.29, 1.82) is 0 Å². The number of H-pyrrole nitrogens is 1. The average molecular weight is 346 g/mol. The van der Waals surface area contributed by atoms with Crippen LogP contribution < -0.4 is 10.9 Å². The van der Waals surface area contributed by atoms with Crippen LogP contribution in [0.4, 0.5) is 10.1 Å². The summed E-state index contributed by atoms with van der Waals surface area (Å²) in [7, 11) is 0. The number of carbonyl (C=O) groups is 1. The molecule has 0 saturated carbocycles. The lowest BCUT2D eigenvalue weighted by Crippen LogP contribution is -2.13. The number of hydrogen-bond acceptors (Lipinski definition) is 2. The van der Waals surface area contributed by atoms with Crippen LogP contribution in [0.1, 0.15) is 15.9 Å². The number of rotatable bonds is 2. The molecule has 0 bridgehead atoms. The Morgan fingerprint density at radius 1 is 0.962 bits per heavy atom. The molecule has 0 unspecified atom stereocenters.